The number of nitrogens with one attached hydrogen (secondary N) is 2. The van der Waals surface area contributed by atoms with Crippen molar-refractivity contribution in [2.24, 2.45) is 0 Å². The molecule has 2 saturated heterocycles. The molecule has 0 aromatic carbocycles. The Labute approximate surface area is 194 Å². The Morgan fingerprint density at radius 3 is 1.77 bits per heavy atom. The van der Waals surface area contributed by atoms with Gasteiger partial charge in [0.05, 0.1) is 0 Å². The molecule has 186 valence electrons. The minimum Gasteiger partial charge on any atom is -0.314 e. The van der Waals surface area contributed by atoms with Gasteiger partial charge in [-0.15, -0.1) is 0 Å². The van der Waals surface area contributed by atoms with Gasteiger partial charge < -0.3 is 20.7 Å². The molecule has 2 rings (SSSR count). The first-order valence-electron chi connectivity index (χ1n) is 13.0. The van der Waals surface area contributed by atoms with E-state index in [0.717, 1.165) is 25.8 Å². The third kappa shape index (κ3) is 10.5. The number of nitrogens with zero attached hydrogens (tertiary/aromatic N) is 2. The molecule has 2 unspecified atom stereocenters. The Morgan fingerprint density at radius 2 is 1.26 bits per heavy atom. The van der Waals surface area contributed by atoms with E-state index in [4.69, 9.17) is 0 Å². The van der Waals surface area contributed by atoms with Crippen LogP contribution in [-0.4, -0.2) is 70.0 Å². The Balaban J connectivity index is 0.00000233. The average molecular weight is 441 g/mol. The second kappa shape index (κ2) is 12.3. The second-order valence-electron chi connectivity index (χ2n) is 12.0. The van der Waals surface area contributed by atoms with Crippen molar-refractivity contribution in [2.75, 3.05) is 20.1 Å². The lowest BCUT2D eigenvalue weighted by Gasteiger charge is -2.48. The van der Waals surface area contributed by atoms with Crippen molar-refractivity contribution in [2.45, 2.75) is 148 Å². The van der Waals surface area contributed by atoms with Crippen LogP contribution in [-0.2, 0) is 0 Å². The van der Waals surface area contributed by atoms with Gasteiger partial charge in [-0.2, -0.15) is 5.06 Å². The van der Waals surface area contributed by atoms with Crippen molar-refractivity contribution in [3.05, 3.63) is 0 Å². The first-order valence-corrected chi connectivity index (χ1v) is 13.0. The molecule has 31 heavy (non-hydrogen) atoms. The van der Waals surface area contributed by atoms with Gasteiger partial charge in [0.25, 0.3) is 0 Å². The summed E-state index contributed by atoms with van der Waals surface area (Å²) in [5, 5.41) is 19.7. The Bertz CT molecular complexity index is 490. The van der Waals surface area contributed by atoms with Crippen molar-refractivity contribution in [1.29, 1.82) is 0 Å². The SMILES string of the molecule is CC.CC1CC(N(C)CCCCCCN(O)C2CC(C)(C)NC(C)(C)C2)CC(C)(C)N1. The van der Waals surface area contributed by atoms with E-state index in [2.05, 4.69) is 71.0 Å². The number of hydroxylamine groups is 2. The molecule has 0 aromatic heterocycles. The molecule has 0 aromatic rings. The van der Waals surface area contributed by atoms with Crippen LogP contribution in [0.5, 0.6) is 0 Å². The van der Waals surface area contributed by atoms with Gasteiger partial charge in [0, 0.05) is 41.3 Å². The molecule has 2 fully saturated rings. The van der Waals surface area contributed by atoms with Gasteiger partial charge in [-0.25, -0.2) is 0 Å². The minimum absolute atomic E-state index is 0.0820. The van der Waals surface area contributed by atoms with E-state index < -0.39 is 0 Å². The molecular formula is C26H56N4O. The summed E-state index contributed by atoms with van der Waals surface area (Å²) in [6, 6.07) is 1.56. The van der Waals surface area contributed by atoms with Gasteiger partial charge in [-0.3, -0.25) is 0 Å². The number of rotatable bonds is 9. The maximum Gasteiger partial charge on any atom is 0.0384 e. The smallest absolute Gasteiger partial charge is 0.0384 e. The molecule has 0 saturated carbocycles. The van der Waals surface area contributed by atoms with Gasteiger partial charge in [0.1, 0.15) is 0 Å². The van der Waals surface area contributed by atoms with E-state index in [9.17, 15) is 5.21 Å². The Hall–Kier alpha value is -0.200. The zero-order valence-corrected chi connectivity index (χ0v) is 22.6. The fourth-order valence-electron chi connectivity index (χ4n) is 6.03. The molecule has 2 heterocycles. The first kappa shape index (κ1) is 28.8. The van der Waals surface area contributed by atoms with Crippen molar-refractivity contribution in [1.82, 2.24) is 20.6 Å². The third-order valence-corrected chi connectivity index (χ3v) is 6.87. The van der Waals surface area contributed by atoms with Crippen LogP contribution in [0.4, 0.5) is 0 Å². The lowest BCUT2D eigenvalue weighted by Crippen LogP contribution is -2.61. The van der Waals surface area contributed by atoms with Gasteiger partial charge in [0.2, 0.25) is 0 Å². The molecule has 3 N–H and O–H groups in total. The van der Waals surface area contributed by atoms with Crippen LogP contribution in [0.2, 0.25) is 0 Å². The molecule has 0 spiro atoms. The van der Waals surface area contributed by atoms with E-state index in [1.54, 1.807) is 5.06 Å². The van der Waals surface area contributed by atoms with Gasteiger partial charge in [0.15, 0.2) is 0 Å². The summed E-state index contributed by atoms with van der Waals surface area (Å²) in [5.74, 6) is 0. The van der Waals surface area contributed by atoms with Crippen molar-refractivity contribution < 1.29 is 5.21 Å². The molecule has 2 aliphatic rings. The standard InChI is InChI=1S/C24H50N4O.C2H6/c1-19-15-20(16-22(2,3)25-19)27(8)13-11-9-10-12-14-28(29)21-17-23(4,5)26-24(6,7)18-21;1-2/h19-21,25-26,29H,9-18H2,1-8H3;1-2H3. The quantitative estimate of drug-likeness (QED) is 0.330. The molecule has 0 amide bonds. The lowest BCUT2D eigenvalue weighted by molar-refractivity contribution is -0.149. The molecule has 0 aliphatic carbocycles. The zero-order chi connectivity index (χ0) is 23.9. The van der Waals surface area contributed by atoms with Crippen LogP contribution in [0.15, 0.2) is 0 Å². The zero-order valence-electron chi connectivity index (χ0n) is 22.6. The van der Waals surface area contributed by atoms with Crippen LogP contribution < -0.4 is 10.6 Å². The fourth-order valence-corrected chi connectivity index (χ4v) is 6.03. The topological polar surface area (TPSA) is 50.8 Å². The van der Waals surface area contributed by atoms with Crippen LogP contribution in [0.1, 0.15) is 114 Å². The molecule has 2 atom stereocenters. The summed E-state index contributed by atoms with van der Waals surface area (Å²) < 4.78 is 0. The summed E-state index contributed by atoms with van der Waals surface area (Å²) in [6.45, 7) is 21.9. The van der Waals surface area contributed by atoms with Crippen molar-refractivity contribution in [3.8, 4) is 0 Å². The summed E-state index contributed by atoms with van der Waals surface area (Å²) in [4.78, 5) is 2.58. The highest BCUT2D eigenvalue weighted by molar-refractivity contribution is 4.99. The molecule has 5 heteroatoms. The number of unbranched alkanes of at least 4 members (excludes halogenated alkanes) is 3. The van der Waals surface area contributed by atoms with Gasteiger partial charge in [-0.05, 0) is 101 Å². The summed E-state index contributed by atoms with van der Waals surface area (Å²) in [5.41, 5.74) is 0.413. The van der Waals surface area contributed by atoms with Crippen LogP contribution in [0.25, 0.3) is 0 Å². The lowest BCUT2D eigenvalue weighted by atomic mass is 9.79. The van der Waals surface area contributed by atoms with Gasteiger partial charge in [-0.1, -0.05) is 26.7 Å². The first-order chi connectivity index (χ1) is 14.3. The largest absolute Gasteiger partial charge is 0.314 e. The van der Waals surface area contributed by atoms with Crippen LogP contribution >= 0.6 is 0 Å². The molecular weight excluding hydrogens is 384 g/mol. The molecule has 5 nitrogen and oxygen atoms in total. The Kier molecular flexibility index (Phi) is 11.5. The van der Waals surface area contributed by atoms with E-state index in [0.29, 0.717) is 12.1 Å². The molecule has 0 radical (unpaired) electrons. The van der Waals surface area contributed by atoms with E-state index in [1.807, 2.05) is 13.8 Å². The fraction of sp³-hybridized carbons (Fsp3) is 1.00. The highest BCUT2D eigenvalue weighted by Gasteiger charge is 2.39. The van der Waals surface area contributed by atoms with Gasteiger partial charge >= 0.3 is 0 Å². The number of hydrogen-bond acceptors (Lipinski definition) is 5. The van der Waals surface area contributed by atoms with E-state index in [-0.39, 0.29) is 22.7 Å². The maximum absolute atomic E-state index is 10.6. The number of hydrogen-bond donors (Lipinski definition) is 3. The second-order valence-corrected chi connectivity index (χ2v) is 12.0. The van der Waals surface area contributed by atoms with E-state index >= 15 is 0 Å². The van der Waals surface area contributed by atoms with Crippen LogP contribution in [0.3, 0.4) is 0 Å². The van der Waals surface area contributed by atoms with Crippen molar-refractivity contribution >= 4 is 0 Å². The minimum atomic E-state index is 0.0820. The third-order valence-electron chi connectivity index (χ3n) is 6.87. The van der Waals surface area contributed by atoms with E-state index in [1.165, 1.54) is 38.6 Å². The normalized spacial score (nSPS) is 27.8. The van der Waals surface area contributed by atoms with Crippen LogP contribution in [0, 0.1) is 0 Å². The maximum atomic E-state index is 10.6. The highest BCUT2D eigenvalue weighted by atomic mass is 16.5. The summed E-state index contributed by atoms with van der Waals surface area (Å²) >= 11 is 0. The highest BCUT2D eigenvalue weighted by Crippen LogP contribution is 2.31. The summed E-state index contributed by atoms with van der Waals surface area (Å²) in [7, 11) is 2.30. The average Bonchev–Trinajstić information content (AvgIpc) is 2.61. The Morgan fingerprint density at radius 1 is 0.774 bits per heavy atom. The molecule has 0 bridgehead atoms. The van der Waals surface area contributed by atoms with Crippen molar-refractivity contribution in [3.63, 3.8) is 0 Å². The monoisotopic (exact) mass is 440 g/mol. The predicted octanol–water partition coefficient (Wildman–Crippen LogP) is 5.42. The number of piperidine rings is 2. The molecule has 2 aliphatic heterocycles. The summed E-state index contributed by atoms with van der Waals surface area (Å²) in [6.07, 6.45) is 9.29. The predicted molar refractivity (Wildman–Crippen MR) is 135 cm³/mol.